The highest BCUT2D eigenvalue weighted by molar-refractivity contribution is 7.91. The highest BCUT2D eigenvalue weighted by Crippen LogP contribution is 2.19. The Labute approximate surface area is 107 Å². The van der Waals surface area contributed by atoms with E-state index in [0.29, 0.717) is 17.6 Å². The summed E-state index contributed by atoms with van der Waals surface area (Å²) in [5, 5.41) is 8.97. The first kappa shape index (κ1) is 14.4. The van der Waals surface area contributed by atoms with Gasteiger partial charge in [0.1, 0.15) is 0 Å². The molecule has 5 heteroatoms. The molecule has 1 aromatic carbocycles. The maximum Gasteiger partial charge on any atom is 0.335 e. The second kappa shape index (κ2) is 5.35. The van der Waals surface area contributed by atoms with Crippen molar-refractivity contribution in [3.05, 3.63) is 41.5 Å². The molecule has 0 saturated carbocycles. The largest absolute Gasteiger partial charge is 0.478 e. The predicted molar refractivity (Wildman–Crippen MR) is 69.6 cm³/mol. The molecule has 98 valence electrons. The topological polar surface area (TPSA) is 71.4 Å². The van der Waals surface area contributed by atoms with Gasteiger partial charge in [-0.2, -0.15) is 0 Å². The molecule has 0 aliphatic rings. The third-order valence-corrected chi connectivity index (χ3v) is 4.45. The van der Waals surface area contributed by atoms with Gasteiger partial charge in [-0.1, -0.05) is 25.1 Å². The summed E-state index contributed by atoms with van der Waals surface area (Å²) in [6.45, 7) is 7.12. The van der Waals surface area contributed by atoms with E-state index < -0.39 is 15.8 Å². The molecule has 0 bridgehead atoms. The lowest BCUT2D eigenvalue weighted by molar-refractivity contribution is 0.0696. The highest BCUT2D eigenvalue weighted by atomic mass is 32.2. The molecule has 18 heavy (non-hydrogen) atoms. The number of benzene rings is 1. The molecule has 1 aromatic rings. The molecule has 0 amide bonds. The zero-order valence-corrected chi connectivity index (χ0v) is 11.3. The first-order valence-electron chi connectivity index (χ1n) is 5.51. The van der Waals surface area contributed by atoms with E-state index in [0.717, 1.165) is 0 Å². The fraction of sp³-hybridized carbons (Fsp3) is 0.308. The lowest BCUT2D eigenvalue weighted by Gasteiger charge is -2.08. The van der Waals surface area contributed by atoms with Crippen LogP contribution in [0.25, 0.3) is 0 Å². The summed E-state index contributed by atoms with van der Waals surface area (Å²) in [7, 11) is -3.51. The van der Waals surface area contributed by atoms with Crippen molar-refractivity contribution >= 4 is 15.8 Å². The normalized spacial score (nSPS) is 11.2. The van der Waals surface area contributed by atoms with Gasteiger partial charge in [-0.15, -0.1) is 0 Å². The van der Waals surface area contributed by atoms with Gasteiger partial charge in [0.05, 0.1) is 16.2 Å². The van der Waals surface area contributed by atoms with Crippen molar-refractivity contribution in [2.45, 2.75) is 25.2 Å². The van der Waals surface area contributed by atoms with E-state index in [1.807, 2.05) is 6.92 Å². The van der Waals surface area contributed by atoms with Crippen LogP contribution in [0.4, 0.5) is 0 Å². The zero-order chi connectivity index (χ0) is 13.9. The van der Waals surface area contributed by atoms with Gasteiger partial charge in [0.15, 0.2) is 9.84 Å². The SMILES string of the molecule is C=C(CC)CS(=O)(=O)c1ccc(C)c(C(=O)O)c1. The van der Waals surface area contributed by atoms with Crippen molar-refractivity contribution in [3.63, 3.8) is 0 Å². The van der Waals surface area contributed by atoms with Crippen LogP contribution in [0.2, 0.25) is 0 Å². The van der Waals surface area contributed by atoms with Gasteiger partial charge in [-0.25, -0.2) is 13.2 Å². The molecule has 0 heterocycles. The Bertz CT molecular complexity index is 585. The fourth-order valence-electron chi connectivity index (χ4n) is 1.48. The van der Waals surface area contributed by atoms with Crippen molar-refractivity contribution in [3.8, 4) is 0 Å². The first-order valence-corrected chi connectivity index (χ1v) is 7.16. The summed E-state index contributed by atoms with van der Waals surface area (Å²) in [4.78, 5) is 11.0. The molecule has 0 aliphatic carbocycles. The Morgan fingerprint density at radius 2 is 2.00 bits per heavy atom. The second-order valence-corrected chi connectivity index (χ2v) is 6.13. The number of hydrogen-bond donors (Lipinski definition) is 1. The predicted octanol–water partition coefficient (Wildman–Crippen LogP) is 2.43. The Hall–Kier alpha value is -1.62. The van der Waals surface area contributed by atoms with Gasteiger partial charge < -0.3 is 5.11 Å². The molecule has 1 rings (SSSR count). The fourth-order valence-corrected chi connectivity index (χ4v) is 2.96. The van der Waals surface area contributed by atoms with Gasteiger partial charge in [-0.3, -0.25) is 0 Å². The number of sulfone groups is 1. The number of aromatic carboxylic acids is 1. The molecule has 0 spiro atoms. The minimum Gasteiger partial charge on any atom is -0.478 e. The van der Waals surface area contributed by atoms with Gasteiger partial charge in [0.2, 0.25) is 0 Å². The minimum absolute atomic E-state index is 0.0122. The molecule has 1 N–H and O–H groups in total. The molecule has 0 radical (unpaired) electrons. The van der Waals surface area contributed by atoms with Crippen LogP contribution in [-0.2, 0) is 9.84 Å². The van der Waals surface area contributed by atoms with Crippen LogP contribution in [0.5, 0.6) is 0 Å². The van der Waals surface area contributed by atoms with Crippen LogP contribution in [-0.4, -0.2) is 25.2 Å². The van der Waals surface area contributed by atoms with Gasteiger partial charge in [-0.05, 0) is 31.0 Å². The molecule has 4 nitrogen and oxygen atoms in total. The monoisotopic (exact) mass is 268 g/mol. The van der Waals surface area contributed by atoms with Gasteiger partial charge in [0, 0.05) is 0 Å². The number of rotatable bonds is 5. The standard InChI is InChI=1S/C13H16O4S/c1-4-9(2)8-18(16,17)11-6-5-10(3)12(7-11)13(14)15/h5-7H,2,4,8H2,1,3H3,(H,14,15). The summed E-state index contributed by atoms with van der Waals surface area (Å²) in [6, 6.07) is 4.14. The maximum atomic E-state index is 12.0. The van der Waals surface area contributed by atoms with Crippen LogP contribution < -0.4 is 0 Å². The lowest BCUT2D eigenvalue weighted by atomic mass is 10.1. The smallest absolute Gasteiger partial charge is 0.335 e. The van der Waals surface area contributed by atoms with Crippen molar-refractivity contribution in [1.82, 2.24) is 0 Å². The van der Waals surface area contributed by atoms with Crippen molar-refractivity contribution in [1.29, 1.82) is 0 Å². The van der Waals surface area contributed by atoms with Crippen LogP contribution >= 0.6 is 0 Å². The third-order valence-electron chi connectivity index (χ3n) is 2.69. The molecular weight excluding hydrogens is 252 g/mol. The number of hydrogen-bond acceptors (Lipinski definition) is 3. The molecule has 0 aromatic heterocycles. The summed E-state index contributed by atoms with van der Waals surface area (Å²) in [6.07, 6.45) is 0.580. The van der Waals surface area contributed by atoms with E-state index in [9.17, 15) is 13.2 Å². The second-order valence-electron chi connectivity index (χ2n) is 4.14. The zero-order valence-electron chi connectivity index (χ0n) is 10.4. The summed E-state index contributed by atoms with van der Waals surface area (Å²) in [5.41, 5.74) is 1.15. The van der Waals surface area contributed by atoms with Crippen LogP contribution in [0.15, 0.2) is 35.2 Å². The van der Waals surface area contributed by atoms with E-state index in [4.69, 9.17) is 5.11 Å². The van der Waals surface area contributed by atoms with E-state index in [1.54, 1.807) is 6.92 Å². The average molecular weight is 268 g/mol. The van der Waals surface area contributed by atoms with E-state index in [-0.39, 0.29) is 16.2 Å². The highest BCUT2D eigenvalue weighted by Gasteiger charge is 2.18. The van der Waals surface area contributed by atoms with Crippen LogP contribution in [0, 0.1) is 6.92 Å². The molecule has 0 saturated heterocycles. The lowest BCUT2D eigenvalue weighted by Crippen LogP contribution is -2.10. The minimum atomic E-state index is -3.51. The molecule has 0 unspecified atom stereocenters. The molecular formula is C13H16O4S. The molecule has 0 atom stereocenters. The third kappa shape index (κ3) is 3.20. The molecule has 0 aliphatic heterocycles. The van der Waals surface area contributed by atoms with Crippen molar-refractivity contribution in [2.75, 3.05) is 5.75 Å². The number of carbonyl (C=O) groups is 1. The van der Waals surface area contributed by atoms with Crippen molar-refractivity contribution in [2.24, 2.45) is 0 Å². The van der Waals surface area contributed by atoms with Crippen LogP contribution in [0.1, 0.15) is 29.3 Å². The maximum absolute atomic E-state index is 12.0. The number of aryl methyl sites for hydroxylation is 1. The van der Waals surface area contributed by atoms with Crippen LogP contribution in [0.3, 0.4) is 0 Å². The Balaban J connectivity index is 3.22. The number of carboxylic acids is 1. The Morgan fingerprint density at radius 1 is 1.39 bits per heavy atom. The molecule has 0 fully saturated rings. The van der Waals surface area contributed by atoms with E-state index >= 15 is 0 Å². The summed E-state index contributed by atoms with van der Waals surface area (Å²) in [5.74, 6) is -1.27. The summed E-state index contributed by atoms with van der Waals surface area (Å²) >= 11 is 0. The Morgan fingerprint density at radius 3 is 2.50 bits per heavy atom. The van der Waals surface area contributed by atoms with Gasteiger partial charge in [0.25, 0.3) is 0 Å². The van der Waals surface area contributed by atoms with E-state index in [1.165, 1.54) is 18.2 Å². The van der Waals surface area contributed by atoms with E-state index in [2.05, 4.69) is 6.58 Å². The number of carboxylic acid groups (broad SMARTS) is 1. The Kier molecular flexibility index (Phi) is 4.29. The average Bonchev–Trinajstić information content (AvgIpc) is 2.28. The quantitative estimate of drug-likeness (QED) is 0.832. The first-order chi connectivity index (χ1) is 8.27. The van der Waals surface area contributed by atoms with Gasteiger partial charge >= 0.3 is 5.97 Å². The summed E-state index contributed by atoms with van der Waals surface area (Å²) < 4.78 is 24.1. The van der Waals surface area contributed by atoms with Crippen molar-refractivity contribution < 1.29 is 18.3 Å².